The van der Waals surface area contributed by atoms with Crippen molar-refractivity contribution in [3.8, 4) is 11.8 Å². The van der Waals surface area contributed by atoms with E-state index in [2.05, 4.69) is 5.32 Å². The molecule has 5 heteroatoms. The second-order valence-corrected chi connectivity index (χ2v) is 5.31. The van der Waals surface area contributed by atoms with Gasteiger partial charge < -0.3 is 10.1 Å². The van der Waals surface area contributed by atoms with Gasteiger partial charge in [0.15, 0.2) is 11.6 Å². The average Bonchev–Trinajstić information content (AvgIpc) is 2.55. The summed E-state index contributed by atoms with van der Waals surface area (Å²) in [6.45, 7) is 3.11. The molecule has 0 aromatic heterocycles. The predicted molar refractivity (Wildman–Crippen MR) is 84.0 cm³/mol. The summed E-state index contributed by atoms with van der Waals surface area (Å²) < 4.78 is 18.9. The Hall–Kier alpha value is -2.87. The highest BCUT2D eigenvalue weighted by Gasteiger charge is 2.31. The van der Waals surface area contributed by atoms with E-state index in [1.807, 2.05) is 12.1 Å². The van der Waals surface area contributed by atoms with Crippen LogP contribution in [0.5, 0.6) is 5.75 Å². The molecule has 2 rings (SSSR count). The summed E-state index contributed by atoms with van der Waals surface area (Å²) >= 11 is 0. The lowest BCUT2D eigenvalue weighted by Gasteiger charge is -2.26. The number of carbonyl (C=O) groups is 1. The molecule has 0 aliphatic rings. The van der Waals surface area contributed by atoms with E-state index in [-0.39, 0.29) is 0 Å². The van der Waals surface area contributed by atoms with Gasteiger partial charge in [-0.15, -0.1) is 0 Å². The average molecular weight is 312 g/mol. The van der Waals surface area contributed by atoms with E-state index in [0.717, 1.165) is 0 Å². The van der Waals surface area contributed by atoms with E-state index in [1.165, 1.54) is 25.1 Å². The first-order valence-corrected chi connectivity index (χ1v) is 7.15. The third kappa shape index (κ3) is 4.07. The van der Waals surface area contributed by atoms with Crippen molar-refractivity contribution >= 4 is 5.91 Å². The van der Waals surface area contributed by atoms with Crippen LogP contribution in [-0.4, -0.2) is 12.0 Å². The van der Waals surface area contributed by atoms with E-state index in [4.69, 9.17) is 4.74 Å². The summed E-state index contributed by atoms with van der Waals surface area (Å²) in [5, 5.41) is 12.0. The number of rotatable bonds is 5. The van der Waals surface area contributed by atoms with E-state index >= 15 is 0 Å². The lowest BCUT2D eigenvalue weighted by molar-refractivity contribution is -0.128. The molecule has 1 N–H and O–H groups in total. The van der Waals surface area contributed by atoms with Gasteiger partial charge in [-0.1, -0.05) is 30.3 Å². The number of hydrogen-bond donors (Lipinski definition) is 1. The number of ether oxygens (including phenoxy) is 1. The van der Waals surface area contributed by atoms with Crippen LogP contribution in [-0.2, 0) is 10.3 Å². The molecular weight excluding hydrogens is 295 g/mol. The monoisotopic (exact) mass is 312 g/mol. The van der Waals surface area contributed by atoms with E-state index in [0.29, 0.717) is 11.3 Å². The van der Waals surface area contributed by atoms with Gasteiger partial charge in [0.2, 0.25) is 0 Å². The van der Waals surface area contributed by atoms with E-state index in [9.17, 15) is 14.4 Å². The zero-order valence-electron chi connectivity index (χ0n) is 12.9. The third-order valence-corrected chi connectivity index (χ3v) is 3.42. The molecule has 0 saturated carbocycles. The third-order valence-electron chi connectivity index (χ3n) is 3.42. The molecule has 0 bridgehead atoms. The summed E-state index contributed by atoms with van der Waals surface area (Å²) in [5.74, 6) is -0.367. The van der Waals surface area contributed by atoms with Gasteiger partial charge in [0.05, 0.1) is 6.07 Å². The van der Waals surface area contributed by atoms with E-state index < -0.39 is 23.4 Å². The molecule has 1 amide bonds. The topological polar surface area (TPSA) is 62.1 Å². The number of carbonyl (C=O) groups excluding carboxylic acids is 1. The number of para-hydroxylation sites is 1. The van der Waals surface area contributed by atoms with Crippen molar-refractivity contribution in [1.82, 2.24) is 5.32 Å². The molecule has 0 aliphatic carbocycles. The minimum atomic E-state index is -1.34. The van der Waals surface area contributed by atoms with Gasteiger partial charge in [-0.3, -0.25) is 4.79 Å². The summed E-state index contributed by atoms with van der Waals surface area (Å²) in [4.78, 5) is 12.3. The van der Waals surface area contributed by atoms with Crippen LogP contribution in [0.2, 0.25) is 0 Å². The summed E-state index contributed by atoms with van der Waals surface area (Å²) in [7, 11) is 0. The fourth-order valence-corrected chi connectivity index (χ4v) is 2.07. The van der Waals surface area contributed by atoms with E-state index in [1.54, 1.807) is 37.3 Å². The first-order chi connectivity index (χ1) is 10.9. The molecule has 2 aromatic carbocycles. The highest BCUT2D eigenvalue weighted by molar-refractivity contribution is 5.82. The summed E-state index contributed by atoms with van der Waals surface area (Å²) in [6, 6.07) is 16.5. The maximum atomic E-state index is 13.4. The Morgan fingerprint density at radius 2 is 1.96 bits per heavy atom. The van der Waals surface area contributed by atoms with Crippen molar-refractivity contribution in [3.63, 3.8) is 0 Å². The maximum absolute atomic E-state index is 13.4. The lowest BCUT2D eigenvalue weighted by atomic mass is 9.93. The first-order valence-electron chi connectivity index (χ1n) is 7.15. The van der Waals surface area contributed by atoms with Gasteiger partial charge in [-0.05, 0) is 43.7 Å². The van der Waals surface area contributed by atoms with Gasteiger partial charge in [0.25, 0.3) is 5.91 Å². The van der Waals surface area contributed by atoms with Crippen LogP contribution in [0.3, 0.4) is 0 Å². The van der Waals surface area contributed by atoms with Crippen LogP contribution in [0.1, 0.15) is 19.4 Å². The highest BCUT2D eigenvalue weighted by atomic mass is 19.1. The van der Waals surface area contributed by atoms with Crippen LogP contribution < -0.4 is 10.1 Å². The SMILES string of the molecule is CC(Oc1ccccc1)C(=O)NC(C)(C#N)c1cccc(F)c1. The van der Waals surface area contributed by atoms with Crippen molar-refractivity contribution in [2.75, 3.05) is 0 Å². The molecule has 2 aromatic rings. The van der Waals surface area contributed by atoms with Gasteiger partial charge in [-0.25, -0.2) is 4.39 Å². The number of halogens is 1. The zero-order chi connectivity index (χ0) is 16.9. The second-order valence-electron chi connectivity index (χ2n) is 5.31. The van der Waals surface area contributed by atoms with Gasteiger partial charge in [0.1, 0.15) is 11.6 Å². The van der Waals surface area contributed by atoms with Crippen LogP contribution in [0.25, 0.3) is 0 Å². The normalized spacial score (nSPS) is 14.2. The van der Waals surface area contributed by atoms with Crippen molar-refractivity contribution < 1.29 is 13.9 Å². The van der Waals surface area contributed by atoms with Crippen molar-refractivity contribution in [2.45, 2.75) is 25.5 Å². The second kappa shape index (κ2) is 6.93. The molecule has 0 spiro atoms. The minimum absolute atomic E-state index is 0.375. The Morgan fingerprint density at radius 1 is 1.26 bits per heavy atom. The molecule has 118 valence electrons. The Bertz CT molecular complexity index is 727. The Balaban J connectivity index is 2.12. The Labute approximate surface area is 134 Å². The fourth-order valence-electron chi connectivity index (χ4n) is 2.07. The molecule has 0 fully saturated rings. The molecule has 2 unspecified atom stereocenters. The Morgan fingerprint density at radius 3 is 2.57 bits per heavy atom. The van der Waals surface area contributed by atoms with Crippen LogP contribution >= 0.6 is 0 Å². The predicted octanol–water partition coefficient (Wildman–Crippen LogP) is 3.15. The standard InChI is InChI=1S/C18H17FN2O2/c1-13(23-16-9-4-3-5-10-16)17(22)21-18(2,12-20)14-7-6-8-15(19)11-14/h3-11,13H,1-2H3,(H,21,22). The lowest BCUT2D eigenvalue weighted by Crippen LogP contribution is -2.47. The zero-order valence-corrected chi connectivity index (χ0v) is 12.9. The van der Waals surface area contributed by atoms with Crippen LogP contribution in [0.15, 0.2) is 54.6 Å². The first kappa shape index (κ1) is 16.5. The number of amides is 1. The molecule has 0 saturated heterocycles. The molecule has 4 nitrogen and oxygen atoms in total. The van der Waals surface area contributed by atoms with Gasteiger partial charge in [0, 0.05) is 0 Å². The molecule has 23 heavy (non-hydrogen) atoms. The highest BCUT2D eigenvalue weighted by Crippen LogP contribution is 2.21. The number of nitrogens with one attached hydrogen (secondary N) is 1. The molecule has 2 atom stereocenters. The smallest absolute Gasteiger partial charge is 0.262 e. The maximum Gasteiger partial charge on any atom is 0.262 e. The van der Waals surface area contributed by atoms with Crippen LogP contribution in [0, 0.1) is 17.1 Å². The molecular formula is C18H17FN2O2. The van der Waals surface area contributed by atoms with Gasteiger partial charge in [-0.2, -0.15) is 5.26 Å². The van der Waals surface area contributed by atoms with Crippen molar-refractivity contribution in [3.05, 3.63) is 66.0 Å². The van der Waals surface area contributed by atoms with Crippen molar-refractivity contribution in [1.29, 1.82) is 5.26 Å². The number of nitriles is 1. The summed E-state index contributed by atoms with van der Waals surface area (Å²) in [6.07, 6.45) is -0.793. The quantitative estimate of drug-likeness (QED) is 0.922. The minimum Gasteiger partial charge on any atom is -0.481 e. The molecule has 0 radical (unpaired) electrons. The Kier molecular flexibility index (Phi) is 4.97. The number of benzene rings is 2. The van der Waals surface area contributed by atoms with Gasteiger partial charge >= 0.3 is 0 Å². The summed E-state index contributed by atoms with van der Waals surface area (Å²) in [5.41, 5.74) is -0.965. The number of nitrogens with zero attached hydrogens (tertiary/aromatic N) is 1. The van der Waals surface area contributed by atoms with Crippen LogP contribution in [0.4, 0.5) is 4.39 Å². The largest absolute Gasteiger partial charge is 0.481 e. The fraction of sp³-hybridized carbons (Fsp3) is 0.222. The molecule has 0 heterocycles. The molecule has 0 aliphatic heterocycles. The number of hydrogen-bond acceptors (Lipinski definition) is 3. The van der Waals surface area contributed by atoms with Crippen molar-refractivity contribution in [2.24, 2.45) is 0 Å².